The molecule has 6 heteroatoms. The third-order valence-corrected chi connectivity index (χ3v) is 2.66. The predicted molar refractivity (Wildman–Crippen MR) is 50.2 cm³/mol. The Bertz CT molecular complexity index is 306. The molecule has 0 saturated carbocycles. The van der Waals surface area contributed by atoms with Crippen LogP contribution in [0.15, 0.2) is 6.33 Å². The van der Waals surface area contributed by atoms with Crippen molar-refractivity contribution in [1.29, 1.82) is 0 Å². The second-order valence-electron chi connectivity index (χ2n) is 2.90. The Morgan fingerprint density at radius 3 is 2.50 bits per heavy atom. The number of imidazole rings is 1. The highest BCUT2D eigenvalue weighted by Crippen LogP contribution is 2.30. The molecule has 0 unspecified atom stereocenters. The van der Waals surface area contributed by atoms with Crippen LogP contribution in [0.1, 0.15) is 11.4 Å². The molecule has 0 N–H and O–H groups in total. The number of nitrogens with zero attached hydrogens (tertiary/aromatic N) is 2. The molecule has 0 aliphatic rings. The van der Waals surface area contributed by atoms with Gasteiger partial charge in [0.1, 0.15) is 0 Å². The van der Waals surface area contributed by atoms with E-state index in [1.54, 1.807) is 10.9 Å². The molecule has 0 aliphatic heterocycles. The molecule has 0 aromatic carbocycles. The number of halogens is 3. The minimum atomic E-state index is -4.14. The van der Waals surface area contributed by atoms with E-state index in [2.05, 4.69) is 4.98 Å². The van der Waals surface area contributed by atoms with Gasteiger partial charge in [-0.3, -0.25) is 0 Å². The summed E-state index contributed by atoms with van der Waals surface area (Å²) in [4.78, 5) is 4.00. The molecule has 1 rings (SSSR count). The zero-order valence-corrected chi connectivity index (χ0v) is 8.74. The largest absolute Gasteiger partial charge is 0.441 e. The molecule has 0 radical (unpaired) electrons. The predicted octanol–water partition coefficient (Wildman–Crippen LogP) is 2.75. The van der Waals surface area contributed by atoms with Crippen LogP contribution in [0.4, 0.5) is 13.2 Å². The van der Waals surface area contributed by atoms with Crippen molar-refractivity contribution in [2.24, 2.45) is 0 Å². The van der Waals surface area contributed by atoms with Crippen molar-refractivity contribution in [2.45, 2.75) is 25.9 Å². The van der Waals surface area contributed by atoms with Gasteiger partial charge in [-0.1, -0.05) is 0 Å². The summed E-state index contributed by atoms with van der Waals surface area (Å²) >= 11 is -0.00224. The Morgan fingerprint density at radius 1 is 1.43 bits per heavy atom. The summed E-state index contributed by atoms with van der Waals surface area (Å²) in [5.41, 5.74) is -2.35. The first-order valence-electron chi connectivity index (χ1n) is 4.09. The molecule has 0 spiro atoms. The molecule has 1 aromatic heterocycles. The maximum absolute atomic E-state index is 11.8. The lowest BCUT2D eigenvalue weighted by molar-refractivity contribution is -0.0328. The molecule has 0 bridgehead atoms. The molecule has 1 heterocycles. The van der Waals surface area contributed by atoms with Crippen molar-refractivity contribution < 1.29 is 13.2 Å². The number of alkyl halides is 3. The van der Waals surface area contributed by atoms with Gasteiger partial charge < -0.3 is 4.57 Å². The first-order chi connectivity index (χ1) is 6.40. The van der Waals surface area contributed by atoms with Crippen LogP contribution in [-0.2, 0) is 6.54 Å². The van der Waals surface area contributed by atoms with Crippen LogP contribution in [0.25, 0.3) is 0 Å². The van der Waals surface area contributed by atoms with Crippen molar-refractivity contribution in [1.82, 2.24) is 9.55 Å². The molecule has 0 aliphatic carbocycles. The van der Waals surface area contributed by atoms with Crippen LogP contribution in [0, 0.1) is 13.8 Å². The monoisotopic (exact) mass is 224 g/mol. The Balaban J connectivity index is 2.43. The Hall–Kier alpha value is -0.650. The summed E-state index contributed by atoms with van der Waals surface area (Å²) in [6, 6.07) is 0. The summed E-state index contributed by atoms with van der Waals surface area (Å²) in [5.74, 6) is 0.0279. The fourth-order valence-corrected chi connectivity index (χ4v) is 1.55. The highest BCUT2D eigenvalue weighted by atomic mass is 32.2. The molecular weight excluding hydrogens is 213 g/mol. The van der Waals surface area contributed by atoms with E-state index in [0.29, 0.717) is 6.54 Å². The third-order valence-electron chi connectivity index (χ3n) is 1.94. The molecule has 0 saturated heterocycles. The SMILES string of the molecule is Cc1ncn(CCSC(F)(F)F)c1C. The average Bonchev–Trinajstić information content (AvgIpc) is 2.33. The van der Waals surface area contributed by atoms with E-state index in [0.717, 1.165) is 11.4 Å². The lowest BCUT2D eigenvalue weighted by Gasteiger charge is -2.07. The fraction of sp³-hybridized carbons (Fsp3) is 0.625. The third kappa shape index (κ3) is 3.25. The smallest absolute Gasteiger partial charge is 0.334 e. The maximum Gasteiger partial charge on any atom is 0.441 e. The number of thioether (sulfide) groups is 1. The van der Waals surface area contributed by atoms with Crippen molar-refractivity contribution in [3.05, 3.63) is 17.7 Å². The van der Waals surface area contributed by atoms with Crippen LogP contribution in [-0.4, -0.2) is 20.8 Å². The Kier molecular flexibility index (Phi) is 3.47. The van der Waals surface area contributed by atoms with E-state index in [9.17, 15) is 13.2 Å². The van der Waals surface area contributed by atoms with Gasteiger partial charge in [-0.25, -0.2) is 4.98 Å². The zero-order chi connectivity index (χ0) is 10.8. The lowest BCUT2D eigenvalue weighted by atomic mass is 10.4. The topological polar surface area (TPSA) is 17.8 Å². The minimum absolute atomic E-state index is 0.00224. The molecular formula is C8H11F3N2S. The minimum Gasteiger partial charge on any atom is -0.334 e. The van der Waals surface area contributed by atoms with Gasteiger partial charge in [-0.15, -0.1) is 0 Å². The van der Waals surface area contributed by atoms with Crippen molar-refractivity contribution in [3.8, 4) is 0 Å². The fourth-order valence-electron chi connectivity index (χ4n) is 1.03. The van der Waals surface area contributed by atoms with Crippen LogP contribution < -0.4 is 0 Å². The molecule has 0 fully saturated rings. The summed E-state index contributed by atoms with van der Waals surface area (Å²) in [5, 5.41) is 0. The Morgan fingerprint density at radius 2 is 2.07 bits per heavy atom. The number of hydrogen-bond donors (Lipinski definition) is 0. The first-order valence-corrected chi connectivity index (χ1v) is 5.08. The van der Waals surface area contributed by atoms with Crippen LogP contribution in [0.3, 0.4) is 0 Å². The first kappa shape index (κ1) is 11.4. The van der Waals surface area contributed by atoms with Crippen LogP contribution in [0.2, 0.25) is 0 Å². The van der Waals surface area contributed by atoms with Gasteiger partial charge >= 0.3 is 5.51 Å². The second-order valence-corrected chi connectivity index (χ2v) is 4.06. The standard InChI is InChI=1S/C8H11F3N2S/c1-6-7(2)13(5-12-6)3-4-14-8(9,10)11/h5H,3-4H2,1-2H3. The van der Waals surface area contributed by atoms with Crippen molar-refractivity contribution in [2.75, 3.05) is 5.75 Å². The van der Waals surface area contributed by atoms with E-state index < -0.39 is 5.51 Å². The maximum atomic E-state index is 11.8. The molecule has 2 nitrogen and oxygen atoms in total. The second kappa shape index (κ2) is 4.25. The van der Waals surface area contributed by atoms with E-state index in [4.69, 9.17) is 0 Å². The number of hydrogen-bond acceptors (Lipinski definition) is 2. The van der Waals surface area contributed by atoms with Gasteiger partial charge in [0.2, 0.25) is 0 Å². The quantitative estimate of drug-likeness (QED) is 0.785. The summed E-state index contributed by atoms with van der Waals surface area (Å²) in [6.07, 6.45) is 1.57. The van der Waals surface area contributed by atoms with Crippen molar-refractivity contribution >= 4 is 11.8 Å². The van der Waals surface area contributed by atoms with Crippen molar-refractivity contribution in [3.63, 3.8) is 0 Å². The van der Waals surface area contributed by atoms with Gasteiger partial charge in [-0.2, -0.15) is 13.2 Å². The molecule has 0 amide bonds. The number of rotatable bonds is 3. The normalized spacial score (nSPS) is 12.1. The Labute approximate surface area is 84.5 Å². The average molecular weight is 224 g/mol. The summed E-state index contributed by atoms with van der Waals surface area (Å²) < 4.78 is 37.1. The van der Waals surface area contributed by atoms with E-state index in [1.807, 2.05) is 13.8 Å². The van der Waals surface area contributed by atoms with Crippen LogP contribution >= 0.6 is 11.8 Å². The van der Waals surface area contributed by atoms with Gasteiger partial charge in [0.05, 0.1) is 12.0 Å². The molecule has 0 atom stereocenters. The molecule has 1 aromatic rings. The molecule has 80 valence electrons. The highest BCUT2D eigenvalue weighted by molar-refractivity contribution is 8.00. The number of aryl methyl sites for hydroxylation is 2. The summed E-state index contributed by atoms with van der Waals surface area (Å²) in [7, 11) is 0. The zero-order valence-electron chi connectivity index (χ0n) is 7.93. The van der Waals surface area contributed by atoms with E-state index in [1.165, 1.54) is 0 Å². The molecule has 14 heavy (non-hydrogen) atoms. The van der Waals surface area contributed by atoms with E-state index >= 15 is 0 Å². The number of aromatic nitrogens is 2. The van der Waals surface area contributed by atoms with Gasteiger partial charge in [-0.05, 0) is 25.6 Å². The lowest BCUT2D eigenvalue weighted by Crippen LogP contribution is -2.07. The highest BCUT2D eigenvalue weighted by Gasteiger charge is 2.27. The summed E-state index contributed by atoms with van der Waals surface area (Å²) in [6.45, 7) is 4.03. The van der Waals surface area contributed by atoms with E-state index in [-0.39, 0.29) is 17.5 Å². The van der Waals surface area contributed by atoms with Gasteiger partial charge in [0.25, 0.3) is 0 Å². The van der Waals surface area contributed by atoms with Gasteiger partial charge in [0, 0.05) is 18.0 Å². The van der Waals surface area contributed by atoms with Crippen LogP contribution in [0.5, 0.6) is 0 Å². The van der Waals surface area contributed by atoms with Gasteiger partial charge in [0.15, 0.2) is 0 Å².